The summed E-state index contributed by atoms with van der Waals surface area (Å²) in [4.78, 5) is 44.4. The summed E-state index contributed by atoms with van der Waals surface area (Å²) in [7, 11) is 2.88. The van der Waals surface area contributed by atoms with Gasteiger partial charge in [0, 0.05) is 26.6 Å². The zero-order chi connectivity index (χ0) is 26.4. The molecule has 3 N–H and O–H groups in total. The van der Waals surface area contributed by atoms with Crippen LogP contribution in [0.15, 0.2) is 41.4 Å². The molecule has 4 rings (SSSR count). The van der Waals surface area contributed by atoms with Gasteiger partial charge in [-0.1, -0.05) is 17.7 Å². The lowest BCUT2D eigenvalue weighted by Gasteiger charge is -2.31. The third-order valence-corrected chi connectivity index (χ3v) is 6.44. The number of amides is 2. The smallest absolute Gasteiger partial charge is 0.411 e. The van der Waals surface area contributed by atoms with E-state index < -0.39 is 41.4 Å². The third kappa shape index (κ3) is 4.58. The summed E-state index contributed by atoms with van der Waals surface area (Å²) in [5.41, 5.74) is 4.72. The molecule has 2 amide bonds. The van der Waals surface area contributed by atoms with Gasteiger partial charge in [-0.05, 0) is 54.2 Å². The molecule has 36 heavy (non-hydrogen) atoms. The lowest BCUT2D eigenvalue weighted by atomic mass is 9.84. The Morgan fingerprint density at radius 3 is 2.44 bits per heavy atom. The van der Waals surface area contributed by atoms with Crippen molar-refractivity contribution in [3.8, 4) is 0 Å². The first-order valence-electron chi connectivity index (χ1n) is 11.0. The molecule has 1 aliphatic heterocycles. The number of carboxylic acids is 1. The van der Waals surface area contributed by atoms with Crippen LogP contribution in [0, 0.1) is 17.6 Å². The molecular formula is C24H23ClF2N4O5. The molecule has 0 bridgehead atoms. The molecule has 1 heterocycles. The predicted molar refractivity (Wildman–Crippen MR) is 125 cm³/mol. The molecule has 1 saturated carbocycles. The van der Waals surface area contributed by atoms with Gasteiger partial charge in [0.15, 0.2) is 11.8 Å². The normalized spacial score (nSPS) is 20.2. The minimum absolute atomic E-state index is 0.00675. The first-order chi connectivity index (χ1) is 16.9. The van der Waals surface area contributed by atoms with Crippen molar-refractivity contribution in [1.82, 2.24) is 9.80 Å². The molecule has 2 aromatic rings. The van der Waals surface area contributed by atoms with E-state index in [1.165, 1.54) is 32.3 Å². The number of hydrogen-bond acceptors (Lipinski definition) is 6. The van der Waals surface area contributed by atoms with E-state index in [0.29, 0.717) is 24.5 Å². The van der Waals surface area contributed by atoms with Crippen molar-refractivity contribution in [3.63, 3.8) is 0 Å². The molecule has 0 spiro atoms. The molecule has 0 radical (unpaired) electrons. The van der Waals surface area contributed by atoms with E-state index in [9.17, 15) is 28.3 Å². The van der Waals surface area contributed by atoms with Crippen molar-refractivity contribution in [2.45, 2.75) is 31.0 Å². The Morgan fingerprint density at radius 2 is 1.89 bits per heavy atom. The van der Waals surface area contributed by atoms with Crippen LogP contribution >= 0.6 is 11.6 Å². The molecule has 190 valence electrons. The van der Waals surface area contributed by atoms with Gasteiger partial charge in [0.05, 0.1) is 10.6 Å². The number of carbonyl (C=O) groups excluding carboxylic acids is 2. The number of ether oxygens (including phenoxy) is 1. The number of carbonyl (C=O) groups is 3. The second-order valence-corrected chi connectivity index (χ2v) is 9.31. The van der Waals surface area contributed by atoms with E-state index >= 15 is 0 Å². The molecule has 2 aromatic carbocycles. The Hall–Kier alpha value is -3.73. The van der Waals surface area contributed by atoms with E-state index in [-0.39, 0.29) is 34.4 Å². The largest absolute Gasteiger partial charge is 0.478 e. The van der Waals surface area contributed by atoms with Gasteiger partial charge < -0.3 is 20.5 Å². The Balaban J connectivity index is 1.76. The molecule has 12 heteroatoms. The number of guanidine groups is 1. The van der Waals surface area contributed by atoms with Gasteiger partial charge in [-0.25, -0.2) is 28.3 Å². The van der Waals surface area contributed by atoms with Crippen LogP contribution in [0.4, 0.5) is 13.6 Å². The molecule has 2 atom stereocenters. The summed E-state index contributed by atoms with van der Waals surface area (Å²) >= 11 is 5.96. The average molecular weight is 521 g/mol. The topological polar surface area (TPSA) is 126 Å². The van der Waals surface area contributed by atoms with E-state index in [2.05, 4.69) is 4.99 Å². The van der Waals surface area contributed by atoms with Crippen molar-refractivity contribution in [3.05, 3.63) is 69.7 Å². The van der Waals surface area contributed by atoms with Crippen LogP contribution in [0.5, 0.6) is 0 Å². The van der Waals surface area contributed by atoms with Crippen LogP contribution in [-0.2, 0) is 21.5 Å². The average Bonchev–Trinajstić information content (AvgIpc) is 3.59. The van der Waals surface area contributed by atoms with Crippen molar-refractivity contribution in [2.24, 2.45) is 16.6 Å². The summed E-state index contributed by atoms with van der Waals surface area (Å²) in [6, 6.07) is 6.97. The second kappa shape index (κ2) is 9.38. The first kappa shape index (κ1) is 25.4. The number of aliphatic imine (C=N–C) groups is 1. The van der Waals surface area contributed by atoms with Gasteiger partial charge in [-0.15, -0.1) is 0 Å². The fourth-order valence-electron chi connectivity index (χ4n) is 4.29. The fraction of sp³-hybridized carbons (Fsp3) is 0.333. The number of aromatic carboxylic acids is 1. The van der Waals surface area contributed by atoms with E-state index in [1.807, 2.05) is 0 Å². The van der Waals surface area contributed by atoms with Crippen molar-refractivity contribution in [1.29, 1.82) is 0 Å². The number of benzene rings is 2. The summed E-state index contributed by atoms with van der Waals surface area (Å²) in [5, 5.41) is 9.41. The Bertz CT molecular complexity index is 1260. The Morgan fingerprint density at radius 1 is 1.25 bits per heavy atom. The zero-order valence-corrected chi connectivity index (χ0v) is 20.1. The molecular weight excluding hydrogens is 498 g/mol. The molecule has 0 aromatic heterocycles. The minimum atomic E-state index is -1.68. The van der Waals surface area contributed by atoms with Crippen molar-refractivity contribution >= 4 is 35.5 Å². The summed E-state index contributed by atoms with van der Waals surface area (Å²) in [6.07, 6.45) is -1.13. The van der Waals surface area contributed by atoms with Crippen LogP contribution < -0.4 is 5.73 Å². The number of nitrogens with zero attached hydrogens (tertiary/aromatic N) is 3. The maximum atomic E-state index is 14.1. The monoisotopic (exact) mass is 520 g/mol. The second-order valence-electron chi connectivity index (χ2n) is 8.90. The SMILES string of the molecule is CN(C)C(=O)O[C@@H](Cc1ccc(Cl)c(C(=O)O)c1)N1C(=O)[C@](c2cc(F)cc(F)c2)(C2CC2)N=C1N. The van der Waals surface area contributed by atoms with E-state index in [1.54, 1.807) is 0 Å². The third-order valence-electron chi connectivity index (χ3n) is 6.11. The number of rotatable bonds is 7. The standard InChI is InChI=1S/C24H23ClF2N4O5/c1-30(2)23(35)36-19(8-12-3-6-18(25)17(7-12)20(32)33)31-21(34)24(13-4-5-13,29-22(31)28)14-9-15(26)11-16(27)10-14/h3,6-7,9-11,13,19H,4-5,8H2,1-2H3,(H2,28,29)(H,32,33)/t19-,24+/m0/s1. The quantitative estimate of drug-likeness (QED) is 0.576. The first-order valence-corrected chi connectivity index (χ1v) is 11.4. The molecule has 1 fully saturated rings. The van der Waals surface area contributed by atoms with Crippen molar-refractivity contribution < 1.29 is 33.0 Å². The molecule has 0 unspecified atom stereocenters. The fourth-order valence-corrected chi connectivity index (χ4v) is 4.48. The van der Waals surface area contributed by atoms with Crippen LogP contribution in [-0.4, -0.2) is 59.2 Å². The highest BCUT2D eigenvalue weighted by Gasteiger charge is 2.59. The lowest BCUT2D eigenvalue weighted by molar-refractivity contribution is -0.139. The highest BCUT2D eigenvalue weighted by molar-refractivity contribution is 6.33. The van der Waals surface area contributed by atoms with Crippen LogP contribution in [0.3, 0.4) is 0 Å². The van der Waals surface area contributed by atoms with Gasteiger partial charge in [-0.2, -0.15) is 0 Å². The van der Waals surface area contributed by atoms with Gasteiger partial charge in [-0.3, -0.25) is 4.79 Å². The van der Waals surface area contributed by atoms with E-state index in [0.717, 1.165) is 21.9 Å². The highest BCUT2D eigenvalue weighted by atomic mass is 35.5. The highest BCUT2D eigenvalue weighted by Crippen LogP contribution is 2.52. The molecule has 9 nitrogen and oxygen atoms in total. The molecule has 1 aliphatic carbocycles. The number of hydrogen-bond donors (Lipinski definition) is 2. The summed E-state index contributed by atoms with van der Waals surface area (Å²) < 4.78 is 33.8. The van der Waals surface area contributed by atoms with Crippen LogP contribution in [0.2, 0.25) is 5.02 Å². The van der Waals surface area contributed by atoms with Gasteiger partial charge in [0.2, 0.25) is 5.96 Å². The molecule has 0 saturated heterocycles. The van der Waals surface area contributed by atoms with Crippen LogP contribution in [0.25, 0.3) is 0 Å². The van der Waals surface area contributed by atoms with E-state index in [4.69, 9.17) is 22.1 Å². The van der Waals surface area contributed by atoms with Gasteiger partial charge in [0.25, 0.3) is 5.91 Å². The maximum Gasteiger partial charge on any atom is 0.411 e. The van der Waals surface area contributed by atoms with Gasteiger partial charge >= 0.3 is 12.1 Å². The number of carboxylic acid groups (broad SMARTS) is 1. The van der Waals surface area contributed by atoms with Gasteiger partial charge in [0.1, 0.15) is 11.6 Å². The number of halogens is 3. The Kier molecular flexibility index (Phi) is 6.61. The van der Waals surface area contributed by atoms with Crippen LogP contribution in [0.1, 0.15) is 34.3 Å². The zero-order valence-electron chi connectivity index (χ0n) is 19.4. The summed E-state index contributed by atoms with van der Waals surface area (Å²) in [6.45, 7) is 0. The minimum Gasteiger partial charge on any atom is -0.478 e. The maximum absolute atomic E-state index is 14.1. The number of nitrogens with two attached hydrogens (primary N) is 1. The molecule has 2 aliphatic rings. The lowest BCUT2D eigenvalue weighted by Crippen LogP contribution is -2.52. The Labute approximate surface area is 210 Å². The van der Waals surface area contributed by atoms with Crippen molar-refractivity contribution in [2.75, 3.05) is 14.1 Å². The predicted octanol–water partition coefficient (Wildman–Crippen LogP) is 3.35. The summed E-state index contributed by atoms with van der Waals surface area (Å²) in [5.74, 6) is -4.35.